The normalized spacial score (nSPS) is 17.2. The van der Waals surface area contributed by atoms with Gasteiger partial charge in [-0.1, -0.05) is 19.3 Å². The second-order valence-electron chi connectivity index (χ2n) is 4.91. The van der Waals surface area contributed by atoms with Gasteiger partial charge < -0.3 is 9.67 Å². The quantitative estimate of drug-likeness (QED) is 0.562. The van der Waals surface area contributed by atoms with Gasteiger partial charge in [-0.15, -0.1) is 0 Å². The first-order valence-electron chi connectivity index (χ1n) is 6.47. The standard InChI is InChI=1S/C13H18N4O/c14-16-13-15-11-7-6-10(18)8-12(11)17(13)9-4-2-1-3-5-9/h6-9,18H,1-5,14H2,(H,15,16). The number of phenols is 1. The van der Waals surface area contributed by atoms with Gasteiger partial charge in [-0.05, 0) is 25.0 Å². The molecule has 0 spiro atoms. The maximum Gasteiger partial charge on any atom is 0.218 e. The predicted molar refractivity (Wildman–Crippen MR) is 71.3 cm³/mol. The van der Waals surface area contributed by atoms with Crippen molar-refractivity contribution in [1.29, 1.82) is 0 Å². The first-order valence-corrected chi connectivity index (χ1v) is 6.47. The number of phenolic OH excluding ortho intramolecular Hbond substituents is 1. The number of rotatable bonds is 2. The molecule has 0 aliphatic heterocycles. The Morgan fingerprint density at radius 3 is 2.78 bits per heavy atom. The minimum Gasteiger partial charge on any atom is -0.508 e. The second kappa shape index (κ2) is 4.49. The van der Waals surface area contributed by atoms with Crippen LogP contribution in [0.3, 0.4) is 0 Å². The lowest BCUT2D eigenvalue weighted by molar-refractivity contribution is 0.362. The van der Waals surface area contributed by atoms with E-state index in [9.17, 15) is 5.11 Å². The van der Waals surface area contributed by atoms with E-state index in [1.165, 1.54) is 19.3 Å². The molecule has 2 aromatic rings. The van der Waals surface area contributed by atoms with E-state index >= 15 is 0 Å². The molecular formula is C13H18N4O. The van der Waals surface area contributed by atoms with Crippen LogP contribution in [0, 0.1) is 0 Å². The maximum absolute atomic E-state index is 9.64. The SMILES string of the molecule is NNc1nc2ccc(O)cc2n1C1CCCCC1. The highest BCUT2D eigenvalue weighted by molar-refractivity contribution is 5.80. The molecule has 0 saturated heterocycles. The first kappa shape index (κ1) is 11.3. The highest BCUT2D eigenvalue weighted by Crippen LogP contribution is 2.34. The molecule has 1 fully saturated rings. The van der Waals surface area contributed by atoms with Gasteiger partial charge in [-0.3, -0.25) is 5.43 Å². The molecular weight excluding hydrogens is 228 g/mol. The second-order valence-corrected chi connectivity index (χ2v) is 4.91. The number of imidazole rings is 1. The number of hydrogen-bond acceptors (Lipinski definition) is 4. The summed E-state index contributed by atoms with van der Waals surface area (Å²) in [6, 6.07) is 5.67. The molecule has 1 heterocycles. The lowest BCUT2D eigenvalue weighted by Crippen LogP contribution is -2.18. The molecule has 1 aromatic carbocycles. The summed E-state index contributed by atoms with van der Waals surface area (Å²) in [5, 5.41) is 9.64. The summed E-state index contributed by atoms with van der Waals surface area (Å²) in [6.45, 7) is 0. The van der Waals surface area contributed by atoms with E-state index in [0.717, 1.165) is 23.9 Å². The number of nitrogen functional groups attached to an aromatic ring is 1. The number of hydrazine groups is 1. The molecule has 1 aromatic heterocycles. The van der Waals surface area contributed by atoms with Gasteiger partial charge in [0.15, 0.2) is 0 Å². The van der Waals surface area contributed by atoms with Crippen LogP contribution < -0.4 is 11.3 Å². The van der Waals surface area contributed by atoms with Crippen LogP contribution in [0.1, 0.15) is 38.1 Å². The van der Waals surface area contributed by atoms with Gasteiger partial charge in [0.05, 0.1) is 11.0 Å². The Labute approximate surface area is 106 Å². The molecule has 0 amide bonds. The lowest BCUT2D eigenvalue weighted by Gasteiger charge is -2.25. The van der Waals surface area contributed by atoms with Crippen molar-refractivity contribution in [3.8, 4) is 5.75 Å². The molecule has 5 nitrogen and oxygen atoms in total. The summed E-state index contributed by atoms with van der Waals surface area (Å²) >= 11 is 0. The van der Waals surface area contributed by atoms with Crippen LogP contribution in [0.5, 0.6) is 5.75 Å². The Morgan fingerprint density at radius 2 is 2.06 bits per heavy atom. The number of hydrogen-bond donors (Lipinski definition) is 3. The van der Waals surface area contributed by atoms with Crippen molar-refractivity contribution in [3.63, 3.8) is 0 Å². The van der Waals surface area contributed by atoms with E-state index < -0.39 is 0 Å². The average molecular weight is 246 g/mol. The van der Waals surface area contributed by atoms with E-state index in [1.807, 2.05) is 6.07 Å². The van der Waals surface area contributed by atoms with Gasteiger partial charge in [0.25, 0.3) is 0 Å². The van der Waals surface area contributed by atoms with Crippen LogP contribution in [-0.2, 0) is 0 Å². The zero-order valence-corrected chi connectivity index (χ0v) is 10.3. The molecule has 1 aliphatic carbocycles. The zero-order valence-electron chi connectivity index (χ0n) is 10.3. The Morgan fingerprint density at radius 1 is 1.28 bits per heavy atom. The van der Waals surface area contributed by atoms with Gasteiger partial charge in [0.2, 0.25) is 5.95 Å². The van der Waals surface area contributed by atoms with Crippen molar-refractivity contribution < 1.29 is 5.11 Å². The number of fused-ring (bicyclic) bond motifs is 1. The van der Waals surface area contributed by atoms with Gasteiger partial charge in [-0.25, -0.2) is 10.8 Å². The van der Waals surface area contributed by atoms with Crippen molar-refractivity contribution in [2.24, 2.45) is 5.84 Å². The fourth-order valence-electron chi connectivity index (χ4n) is 2.89. The summed E-state index contributed by atoms with van der Waals surface area (Å²) in [5.74, 6) is 6.51. The summed E-state index contributed by atoms with van der Waals surface area (Å²) in [6.07, 6.45) is 6.09. The number of anilines is 1. The minimum atomic E-state index is 0.267. The molecule has 96 valence electrons. The Hall–Kier alpha value is -1.75. The fourth-order valence-corrected chi connectivity index (χ4v) is 2.89. The van der Waals surface area contributed by atoms with Gasteiger partial charge in [0, 0.05) is 12.1 Å². The highest BCUT2D eigenvalue weighted by Gasteiger charge is 2.21. The summed E-state index contributed by atoms with van der Waals surface area (Å²) in [5.41, 5.74) is 4.49. The van der Waals surface area contributed by atoms with Crippen LogP contribution in [0.15, 0.2) is 18.2 Å². The molecule has 1 aliphatic rings. The Balaban J connectivity index is 2.14. The van der Waals surface area contributed by atoms with Gasteiger partial charge >= 0.3 is 0 Å². The third-order valence-electron chi connectivity index (χ3n) is 3.74. The minimum absolute atomic E-state index is 0.267. The van der Waals surface area contributed by atoms with Crippen LogP contribution >= 0.6 is 0 Å². The molecule has 0 atom stereocenters. The van der Waals surface area contributed by atoms with E-state index in [0.29, 0.717) is 12.0 Å². The molecule has 0 radical (unpaired) electrons. The molecule has 5 heteroatoms. The molecule has 1 saturated carbocycles. The largest absolute Gasteiger partial charge is 0.508 e. The van der Waals surface area contributed by atoms with Crippen LogP contribution in [-0.4, -0.2) is 14.7 Å². The maximum atomic E-state index is 9.64. The van der Waals surface area contributed by atoms with Crippen molar-refractivity contribution in [3.05, 3.63) is 18.2 Å². The van der Waals surface area contributed by atoms with Crippen LogP contribution in [0.25, 0.3) is 11.0 Å². The number of aromatic hydroxyl groups is 1. The number of benzene rings is 1. The van der Waals surface area contributed by atoms with E-state index in [2.05, 4.69) is 15.0 Å². The Kier molecular flexibility index (Phi) is 2.83. The summed E-state index contributed by atoms with van der Waals surface area (Å²) in [7, 11) is 0. The van der Waals surface area contributed by atoms with Gasteiger partial charge in [-0.2, -0.15) is 0 Å². The average Bonchev–Trinajstić information content (AvgIpc) is 2.77. The van der Waals surface area contributed by atoms with Crippen molar-refractivity contribution >= 4 is 17.0 Å². The molecule has 3 rings (SSSR count). The lowest BCUT2D eigenvalue weighted by atomic mass is 9.95. The van der Waals surface area contributed by atoms with Crippen molar-refractivity contribution in [1.82, 2.24) is 9.55 Å². The van der Waals surface area contributed by atoms with E-state index in [4.69, 9.17) is 5.84 Å². The third kappa shape index (κ3) is 1.80. The van der Waals surface area contributed by atoms with E-state index in [1.54, 1.807) is 12.1 Å². The first-order chi connectivity index (χ1) is 8.79. The topological polar surface area (TPSA) is 76.1 Å². The summed E-state index contributed by atoms with van der Waals surface area (Å²) in [4.78, 5) is 4.46. The molecule has 4 N–H and O–H groups in total. The molecule has 18 heavy (non-hydrogen) atoms. The fraction of sp³-hybridized carbons (Fsp3) is 0.462. The Bertz CT molecular complexity index is 557. The number of aromatic nitrogens is 2. The molecule has 0 unspecified atom stereocenters. The van der Waals surface area contributed by atoms with Crippen LogP contribution in [0.2, 0.25) is 0 Å². The predicted octanol–water partition coefficient (Wildman–Crippen LogP) is 2.53. The summed E-state index contributed by atoms with van der Waals surface area (Å²) < 4.78 is 2.13. The van der Waals surface area contributed by atoms with Crippen molar-refractivity contribution in [2.45, 2.75) is 38.1 Å². The zero-order chi connectivity index (χ0) is 12.5. The monoisotopic (exact) mass is 246 g/mol. The van der Waals surface area contributed by atoms with Gasteiger partial charge in [0.1, 0.15) is 5.75 Å². The van der Waals surface area contributed by atoms with E-state index in [-0.39, 0.29) is 5.75 Å². The number of nitrogens with one attached hydrogen (secondary N) is 1. The third-order valence-corrected chi connectivity index (χ3v) is 3.74. The van der Waals surface area contributed by atoms with Crippen molar-refractivity contribution in [2.75, 3.05) is 5.43 Å². The molecule has 0 bridgehead atoms. The number of nitrogens with two attached hydrogens (primary N) is 1. The number of nitrogens with zero attached hydrogens (tertiary/aromatic N) is 2. The highest BCUT2D eigenvalue weighted by atomic mass is 16.3. The van der Waals surface area contributed by atoms with Crippen LogP contribution in [0.4, 0.5) is 5.95 Å². The smallest absolute Gasteiger partial charge is 0.218 e.